The minimum atomic E-state index is -1.83. The second-order valence-corrected chi connectivity index (χ2v) is 13.8. The van der Waals surface area contributed by atoms with E-state index in [1.807, 2.05) is 0 Å². The van der Waals surface area contributed by atoms with Gasteiger partial charge in [0.2, 0.25) is 0 Å². The molecule has 1 saturated heterocycles. The smallest absolute Gasteiger partial charge is 0.355 e. The fourth-order valence-corrected chi connectivity index (χ4v) is 4.15. The summed E-state index contributed by atoms with van der Waals surface area (Å²) in [5.41, 5.74) is 0.0814. The molecule has 9 heteroatoms. The Labute approximate surface area is 160 Å². The van der Waals surface area contributed by atoms with Gasteiger partial charge in [0.25, 0.3) is 0 Å². The van der Waals surface area contributed by atoms with Crippen molar-refractivity contribution in [3.63, 3.8) is 0 Å². The number of nitrogens with one attached hydrogen (secondary N) is 1. The molecule has 0 amide bonds. The number of thiazole rings is 1. The first-order valence-corrected chi connectivity index (χ1v) is 12.8. The molecule has 2 heterocycles. The fourth-order valence-electron chi connectivity index (χ4n) is 2.42. The lowest BCUT2D eigenvalue weighted by Gasteiger charge is -2.40. The molecule has 1 aliphatic rings. The quantitative estimate of drug-likeness (QED) is 0.648. The summed E-state index contributed by atoms with van der Waals surface area (Å²) in [4.78, 5) is 17.5. The van der Waals surface area contributed by atoms with Gasteiger partial charge < -0.3 is 19.6 Å². The number of hydrogen-bond donors (Lipinski definition) is 2. The monoisotopic (exact) mass is 401 g/mol. The number of carbonyl (C=O) groups is 1. The molecular weight excluding hydrogens is 370 g/mol. The Balaban J connectivity index is 1.99. The van der Waals surface area contributed by atoms with E-state index < -0.39 is 14.3 Å². The van der Waals surface area contributed by atoms with Gasteiger partial charge in [0.15, 0.2) is 19.1 Å². The van der Waals surface area contributed by atoms with E-state index in [0.29, 0.717) is 18.3 Å². The second kappa shape index (κ2) is 8.79. The number of aromatic carboxylic acids is 1. The second-order valence-electron chi connectivity index (χ2n) is 8.10. The molecule has 0 aromatic carbocycles. The standard InChI is InChI=1S/C17H31N3O4SSi/c1-17(2,3)26(4,5)24-11-13(20-6-8-23-9-7-20)10-18-16-19-14(12-25-16)15(21)22/h12-13H,6-11H2,1-5H3,(H,18,19)(H,21,22). The van der Waals surface area contributed by atoms with Crippen molar-refractivity contribution in [2.75, 3.05) is 44.8 Å². The van der Waals surface area contributed by atoms with Crippen LogP contribution in [0, 0.1) is 0 Å². The summed E-state index contributed by atoms with van der Waals surface area (Å²) >= 11 is 1.32. The Kier molecular flexibility index (Phi) is 7.20. The number of morpholine rings is 1. The van der Waals surface area contributed by atoms with Gasteiger partial charge in [-0.25, -0.2) is 9.78 Å². The topological polar surface area (TPSA) is 83.9 Å². The number of anilines is 1. The van der Waals surface area contributed by atoms with E-state index in [1.54, 1.807) is 5.38 Å². The van der Waals surface area contributed by atoms with Gasteiger partial charge in [0.05, 0.1) is 19.8 Å². The van der Waals surface area contributed by atoms with Crippen molar-refractivity contribution in [3.8, 4) is 0 Å². The zero-order valence-corrected chi connectivity index (χ0v) is 18.2. The molecular formula is C17H31N3O4SSi. The van der Waals surface area contributed by atoms with Crippen molar-refractivity contribution in [3.05, 3.63) is 11.1 Å². The highest BCUT2D eigenvalue weighted by Gasteiger charge is 2.38. The van der Waals surface area contributed by atoms with Gasteiger partial charge in [-0.1, -0.05) is 20.8 Å². The third-order valence-corrected chi connectivity index (χ3v) is 10.5. The number of aromatic nitrogens is 1. The van der Waals surface area contributed by atoms with Gasteiger partial charge >= 0.3 is 5.97 Å². The molecule has 0 aliphatic carbocycles. The Morgan fingerprint density at radius 2 is 2.12 bits per heavy atom. The summed E-state index contributed by atoms with van der Waals surface area (Å²) < 4.78 is 11.9. The maximum absolute atomic E-state index is 11.0. The number of hydrogen-bond acceptors (Lipinski definition) is 7. The first-order chi connectivity index (χ1) is 12.1. The average Bonchev–Trinajstić information content (AvgIpc) is 3.04. The summed E-state index contributed by atoms with van der Waals surface area (Å²) in [6, 6.07) is 0.199. The van der Waals surface area contributed by atoms with Gasteiger partial charge in [-0.15, -0.1) is 11.3 Å². The molecule has 1 aromatic rings. The van der Waals surface area contributed by atoms with E-state index in [9.17, 15) is 4.79 Å². The predicted molar refractivity (Wildman–Crippen MR) is 107 cm³/mol. The maximum atomic E-state index is 11.0. The van der Waals surface area contributed by atoms with Crippen molar-refractivity contribution in [1.82, 2.24) is 9.88 Å². The number of carboxylic acids is 1. The Bertz CT molecular complexity index is 597. The molecule has 7 nitrogen and oxygen atoms in total. The van der Waals surface area contributed by atoms with Crippen LogP contribution in [0.4, 0.5) is 5.13 Å². The predicted octanol–water partition coefficient (Wildman–Crippen LogP) is 2.98. The molecule has 1 aromatic heterocycles. The van der Waals surface area contributed by atoms with Crippen LogP contribution in [0.3, 0.4) is 0 Å². The number of nitrogens with zero attached hydrogens (tertiary/aromatic N) is 2. The number of ether oxygens (including phenoxy) is 1. The molecule has 2 N–H and O–H groups in total. The average molecular weight is 402 g/mol. The van der Waals surface area contributed by atoms with E-state index >= 15 is 0 Å². The van der Waals surface area contributed by atoms with E-state index in [4.69, 9.17) is 14.3 Å². The summed E-state index contributed by atoms with van der Waals surface area (Å²) in [7, 11) is -1.83. The van der Waals surface area contributed by atoms with E-state index in [-0.39, 0.29) is 16.8 Å². The van der Waals surface area contributed by atoms with Crippen LogP contribution in [0.25, 0.3) is 0 Å². The largest absolute Gasteiger partial charge is 0.476 e. The lowest BCUT2D eigenvalue weighted by molar-refractivity contribution is 0.00789. The van der Waals surface area contributed by atoms with Gasteiger partial charge in [-0.3, -0.25) is 4.90 Å². The van der Waals surface area contributed by atoms with Gasteiger partial charge in [0.1, 0.15) is 0 Å². The lowest BCUT2D eigenvalue weighted by atomic mass is 10.2. The number of carboxylic acid groups (broad SMARTS) is 1. The third kappa shape index (κ3) is 5.75. The van der Waals surface area contributed by atoms with Crippen LogP contribution >= 0.6 is 11.3 Å². The van der Waals surface area contributed by atoms with E-state index in [0.717, 1.165) is 26.3 Å². The Morgan fingerprint density at radius 1 is 1.46 bits per heavy atom. The first kappa shape index (κ1) is 21.3. The van der Waals surface area contributed by atoms with Gasteiger partial charge in [0, 0.05) is 31.1 Å². The lowest BCUT2D eigenvalue weighted by Crippen LogP contribution is -2.51. The van der Waals surface area contributed by atoms with Gasteiger partial charge in [-0.2, -0.15) is 0 Å². The molecule has 1 unspecified atom stereocenters. The zero-order valence-electron chi connectivity index (χ0n) is 16.4. The normalized spacial score (nSPS) is 17.9. The molecule has 0 radical (unpaired) electrons. The summed E-state index contributed by atoms with van der Waals surface area (Å²) in [6.45, 7) is 15.8. The zero-order chi connectivity index (χ0) is 19.4. The molecule has 1 atom stereocenters. The minimum absolute atomic E-state index is 0.0814. The molecule has 148 valence electrons. The molecule has 26 heavy (non-hydrogen) atoms. The number of rotatable bonds is 8. The molecule has 2 rings (SSSR count). The Hall–Kier alpha value is -1.00. The summed E-state index contributed by atoms with van der Waals surface area (Å²) in [5, 5.41) is 14.7. The Morgan fingerprint density at radius 3 is 2.65 bits per heavy atom. The molecule has 1 aliphatic heterocycles. The van der Waals surface area contributed by atoms with Crippen LogP contribution in [0.1, 0.15) is 31.3 Å². The third-order valence-electron chi connectivity index (χ3n) is 5.22. The maximum Gasteiger partial charge on any atom is 0.355 e. The molecule has 0 bridgehead atoms. The van der Waals surface area contributed by atoms with E-state index in [1.165, 1.54) is 11.3 Å². The SMILES string of the molecule is CC(C)(C)[Si](C)(C)OCC(CNc1nc(C(=O)O)cs1)N1CCOCC1. The van der Waals surface area contributed by atoms with Crippen molar-refractivity contribution in [2.24, 2.45) is 0 Å². The van der Waals surface area contributed by atoms with Crippen LogP contribution in [0.15, 0.2) is 5.38 Å². The van der Waals surface area contributed by atoms with Crippen LogP contribution < -0.4 is 5.32 Å². The van der Waals surface area contributed by atoms with E-state index in [2.05, 4.69) is 49.1 Å². The highest BCUT2D eigenvalue weighted by molar-refractivity contribution is 7.13. The van der Waals surface area contributed by atoms with Crippen LogP contribution in [0.5, 0.6) is 0 Å². The van der Waals surface area contributed by atoms with Crippen molar-refractivity contribution in [1.29, 1.82) is 0 Å². The van der Waals surface area contributed by atoms with Crippen LogP contribution in [0.2, 0.25) is 18.1 Å². The van der Waals surface area contributed by atoms with Crippen molar-refractivity contribution >= 4 is 30.8 Å². The summed E-state index contributed by atoms with van der Waals surface area (Å²) in [5.74, 6) is -1.000. The highest BCUT2D eigenvalue weighted by atomic mass is 32.1. The molecule has 1 fully saturated rings. The minimum Gasteiger partial charge on any atom is -0.476 e. The highest BCUT2D eigenvalue weighted by Crippen LogP contribution is 2.36. The molecule has 0 spiro atoms. The van der Waals surface area contributed by atoms with Crippen molar-refractivity contribution < 1.29 is 19.1 Å². The first-order valence-electron chi connectivity index (χ1n) is 8.98. The van der Waals surface area contributed by atoms with Crippen LogP contribution in [-0.2, 0) is 9.16 Å². The van der Waals surface area contributed by atoms with Crippen LogP contribution in [-0.4, -0.2) is 74.8 Å². The fraction of sp³-hybridized carbons (Fsp3) is 0.765. The van der Waals surface area contributed by atoms with Gasteiger partial charge in [-0.05, 0) is 18.1 Å². The van der Waals surface area contributed by atoms with Crippen molar-refractivity contribution in [2.45, 2.75) is 44.9 Å². The summed E-state index contributed by atoms with van der Waals surface area (Å²) in [6.07, 6.45) is 0. The molecule has 0 saturated carbocycles.